The Balaban J connectivity index is 1.95. The van der Waals surface area contributed by atoms with Gasteiger partial charge in [-0.2, -0.15) is 0 Å². The number of fused-ring (bicyclic) bond motifs is 3. The highest BCUT2D eigenvalue weighted by Gasteiger charge is 2.32. The molecule has 0 amide bonds. The second-order valence-corrected chi connectivity index (χ2v) is 3.80. The summed E-state index contributed by atoms with van der Waals surface area (Å²) in [7, 11) is 0. The van der Waals surface area contributed by atoms with E-state index in [1.165, 1.54) is 25.1 Å². The maximum absolute atomic E-state index is 3.41. The summed E-state index contributed by atoms with van der Waals surface area (Å²) in [4.78, 5) is 2.58. The van der Waals surface area contributed by atoms with Crippen molar-refractivity contribution < 1.29 is 0 Å². The fraction of sp³-hybridized carbons (Fsp3) is 0.600. The molecule has 2 heteroatoms. The van der Waals surface area contributed by atoms with E-state index in [0.717, 1.165) is 19.1 Å². The first-order chi connectivity index (χ1) is 5.95. The molecule has 12 heavy (non-hydrogen) atoms. The lowest BCUT2D eigenvalue weighted by molar-refractivity contribution is 0.266. The topological polar surface area (TPSA) is 15.3 Å². The third-order valence-electron chi connectivity index (χ3n) is 3.12. The summed E-state index contributed by atoms with van der Waals surface area (Å²) in [6.45, 7) is 3.43. The molecule has 0 aromatic carbocycles. The standard InChI is InChI=1S/C10H14N2/c1-2-8-6-9-7-11-4-5-12(9)10(8)3-1/h2,6,10-11H,1,3-5,7H2. The predicted molar refractivity (Wildman–Crippen MR) is 48.8 cm³/mol. The summed E-state index contributed by atoms with van der Waals surface area (Å²) in [5.74, 6) is 0. The van der Waals surface area contributed by atoms with E-state index in [9.17, 15) is 0 Å². The maximum Gasteiger partial charge on any atom is 0.0540 e. The van der Waals surface area contributed by atoms with Gasteiger partial charge in [-0.15, -0.1) is 0 Å². The minimum absolute atomic E-state index is 0.752. The van der Waals surface area contributed by atoms with Gasteiger partial charge in [0, 0.05) is 25.3 Å². The molecule has 1 N–H and O–H groups in total. The molecule has 64 valence electrons. The van der Waals surface area contributed by atoms with Gasteiger partial charge in [-0.1, -0.05) is 6.08 Å². The van der Waals surface area contributed by atoms with Crippen LogP contribution in [0.3, 0.4) is 0 Å². The SMILES string of the molecule is C1=C2C=C3CNCCN3C2CC1. The van der Waals surface area contributed by atoms with Gasteiger partial charge in [-0.25, -0.2) is 0 Å². The van der Waals surface area contributed by atoms with E-state index in [1.54, 1.807) is 5.57 Å². The van der Waals surface area contributed by atoms with Crippen molar-refractivity contribution in [3.8, 4) is 0 Å². The zero-order chi connectivity index (χ0) is 7.97. The number of hydrogen-bond donors (Lipinski definition) is 1. The van der Waals surface area contributed by atoms with Gasteiger partial charge in [-0.3, -0.25) is 0 Å². The first-order valence-corrected chi connectivity index (χ1v) is 4.83. The monoisotopic (exact) mass is 162 g/mol. The van der Waals surface area contributed by atoms with Crippen molar-refractivity contribution >= 4 is 0 Å². The fourth-order valence-electron chi connectivity index (χ4n) is 2.54. The van der Waals surface area contributed by atoms with Gasteiger partial charge in [0.25, 0.3) is 0 Å². The van der Waals surface area contributed by atoms with Crippen molar-refractivity contribution in [2.24, 2.45) is 0 Å². The molecule has 0 spiro atoms. The van der Waals surface area contributed by atoms with Crippen LogP contribution in [-0.2, 0) is 0 Å². The molecule has 0 aromatic heterocycles. The van der Waals surface area contributed by atoms with Crippen LogP contribution in [0.4, 0.5) is 0 Å². The number of hydrogen-bond acceptors (Lipinski definition) is 2. The predicted octanol–water partition coefficient (Wildman–Crippen LogP) is 0.878. The highest BCUT2D eigenvalue weighted by atomic mass is 15.2. The number of piperazine rings is 1. The number of rotatable bonds is 0. The summed E-state index contributed by atoms with van der Waals surface area (Å²) in [5.41, 5.74) is 3.09. The highest BCUT2D eigenvalue weighted by Crippen LogP contribution is 2.34. The number of nitrogens with one attached hydrogen (secondary N) is 1. The average molecular weight is 162 g/mol. The van der Waals surface area contributed by atoms with Crippen molar-refractivity contribution in [2.45, 2.75) is 18.9 Å². The molecule has 1 fully saturated rings. The van der Waals surface area contributed by atoms with E-state index in [0.29, 0.717) is 0 Å². The molecular weight excluding hydrogens is 148 g/mol. The minimum atomic E-state index is 0.752. The van der Waals surface area contributed by atoms with Gasteiger partial charge in [0.2, 0.25) is 0 Å². The van der Waals surface area contributed by atoms with E-state index >= 15 is 0 Å². The molecule has 0 radical (unpaired) electrons. The molecule has 1 atom stereocenters. The zero-order valence-corrected chi connectivity index (χ0v) is 7.21. The smallest absolute Gasteiger partial charge is 0.0540 e. The Morgan fingerprint density at radius 2 is 2.50 bits per heavy atom. The minimum Gasteiger partial charge on any atom is -0.365 e. The summed E-state index contributed by atoms with van der Waals surface area (Å²) >= 11 is 0. The van der Waals surface area contributed by atoms with E-state index in [1.807, 2.05) is 0 Å². The molecule has 3 rings (SSSR count). The van der Waals surface area contributed by atoms with Gasteiger partial charge in [0.15, 0.2) is 0 Å². The van der Waals surface area contributed by atoms with Crippen LogP contribution in [-0.4, -0.2) is 30.6 Å². The third-order valence-corrected chi connectivity index (χ3v) is 3.12. The summed E-state index contributed by atoms with van der Waals surface area (Å²) in [6, 6.07) is 0.752. The van der Waals surface area contributed by atoms with E-state index in [4.69, 9.17) is 0 Å². The summed E-state index contributed by atoms with van der Waals surface area (Å²) < 4.78 is 0. The Morgan fingerprint density at radius 3 is 3.50 bits per heavy atom. The molecule has 2 nitrogen and oxygen atoms in total. The molecule has 0 bridgehead atoms. The highest BCUT2D eigenvalue weighted by molar-refractivity contribution is 5.39. The zero-order valence-electron chi connectivity index (χ0n) is 7.21. The normalized spacial score (nSPS) is 32.7. The average Bonchev–Trinajstić information content (AvgIpc) is 2.62. The Kier molecular flexibility index (Phi) is 1.32. The van der Waals surface area contributed by atoms with Crippen LogP contribution in [0.15, 0.2) is 23.4 Å². The maximum atomic E-state index is 3.41. The first kappa shape index (κ1) is 6.72. The lowest BCUT2D eigenvalue weighted by Crippen LogP contribution is -2.43. The Hall–Kier alpha value is -0.760. The van der Waals surface area contributed by atoms with Crippen molar-refractivity contribution in [3.63, 3.8) is 0 Å². The molecule has 1 unspecified atom stereocenters. The van der Waals surface area contributed by atoms with Crippen LogP contribution in [0.2, 0.25) is 0 Å². The Labute approximate surface area is 72.9 Å². The van der Waals surface area contributed by atoms with Gasteiger partial charge in [0.05, 0.1) is 6.04 Å². The molecule has 0 aromatic rings. The molecule has 0 saturated carbocycles. The molecule has 1 saturated heterocycles. The lowest BCUT2D eigenvalue weighted by Gasteiger charge is -2.32. The molecule has 2 heterocycles. The molecular formula is C10H14N2. The van der Waals surface area contributed by atoms with Gasteiger partial charge >= 0.3 is 0 Å². The van der Waals surface area contributed by atoms with Crippen LogP contribution in [0.25, 0.3) is 0 Å². The van der Waals surface area contributed by atoms with Crippen molar-refractivity contribution in [3.05, 3.63) is 23.4 Å². The third kappa shape index (κ3) is 0.787. The van der Waals surface area contributed by atoms with Crippen LogP contribution in [0.1, 0.15) is 12.8 Å². The number of nitrogens with zero attached hydrogens (tertiary/aromatic N) is 1. The van der Waals surface area contributed by atoms with Gasteiger partial charge in [-0.05, 0) is 24.5 Å². The largest absolute Gasteiger partial charge is 0.365 e. The van der Waals surface area contributed by atoms with E-state index in [2.05, 4.69) is 22.4 Å². The van der Waals surface area contributed by atoms with E-state index < -0.39 is 0 Å². The molecule has 3 aliphatic rings. The van der Waals surface area contributed by atoms with Crippen molar-refractivity contribution in [2.75, 3.05) is 19.6 Å². The first-order valence-electron chi connectivity index (χ1n) is 4.83. The summed E-state index contributed by atoms with van der Waals surface area (Å²) in [6.07, 6.45) is 7.41. The van der Waals surface area contributed by atoms with Gasteiger partial charge in [0.1, 0.15) is 0 Å². The van der Waals surface area contributed by atoms with Gasteiger partial charge < -0.3 is 10.2 Å². The van der Waals surface area contributed by atoms with E-state index in [-0.39, 0.29) is 0 Å². The second kappa shape index (κ2) is 2.36. The van der Waals surface area contributed by atoms with Crippen molar-refractivity contribution in [1.29, 1.82) is 0 Å². The van der Waals surface area contributed by atoms with Crippen LogP contribution in [0.5, 0.6) is 0 Å². The molecule has 1 aliphatic carbocycles. The van der Waals surface area contributed by atoms with Crippen molar-refractivity contribution in [1.82, 2.24) is 10.2 Å². The summed E-state index contributed by atoms with van der Waals surface area (Å²) in [5, 5.41) is 3.41. The van der Waals surface area contributed by atoms with Crippen LogP contribution in [0, 0.1) is 0 Å². The van der Waals surface area contributed by atoms with Crippen LogP contribution >= 0.6 is 0 Å². The Bertz CT molecular complexity index is 265. The number of allylic oxidation sites excluding steroid dienone is 1. The lowest BCUT2D eigenvalue weighted by atomic mass is 10.1. The molecule has 2 aliphatic heterocycles. The second-order valence-electron chi connectivity index (χ2n) is 3.80. The Morgan fingerprint density at radius 1 is 1.50 bits per heavy atom. The fourth-order valence-corrected chi connectivity index (χ4v) is 2.54. The quantitative estimate of drug-likeness (QED) is 0.569. The van der Waals surface area contributed by atoms with Crippen LogP contribution < -0.4 is 5.32 Å².